The van der Waals surface area contributed by atoms with Crippen LogP contribution in [0.1, 0.15) is 45.4 Å². The highest BCUT2D eigenvalue weighted by Gasteiger charge is 2.33. The number of anilines is 1. The Labute approximate surface area is 234 Å². The smallest absolute Gasteiger partial charge is 0.321 e. The maximum atomic E-state index is 13.0. The molecule has 1 N–H and O–H groups in total. The van der Waals surface area contributed by atoms with Gasteiger partial charge in [-0.2, -0.15) is 5.26 Å². The van der Waals surface area contributed by atoms with Crippen molar-refractivity contribution in [2.24, 2.45) is 0 Å². The van der Waals surface area contributed by atoms with Crippen LogP contribution in [-0.2, 0) is 6.54 Å². The van der Waals surface area contributed by atoms with Crippen LogP contribution in [0.2, 0.25) is 0 Å². The van der Waals surface area contributed by atoms with Crippen molar-refractivity contribution in [3.63, 3.8) is 0 Å². The van der Waals surface area contributed by atoms with Crippen molar-refractivity contribution >= 4 is 23.4 Å². The van der Waals surface area contributed by atoms with Crippen LogP contribution in [0.25, 0.3) is 11.6 Å². The number of urea groups is 1. The Kier molecular flexibility index (Phi) is 6.89. The number of amides is 2. The lowest BCUT2D eigenvalue weighted by Gasteiger charge is -2.39. The normalized spacial score (nSPS) is 16.8. The van der Waals surface area contributed by atoms with Gasteiger partial charge in [-0.1, -0.05) is 29.8 Å². The van der Waals surface area contributed by atoms with Crippen LogP contribution in [0.5, 0.6) is 0 Å². The van der Waals surface area contributed by atoms with Gasteiger partial charge in [-0.15, -0.1) is 0 Å². The number of aromatic nitrogens is 3. The van der Waals surface area contributed by atoms with Gasteiger partial charge in [-0.25, -0.2) is 9.78 Å². The van der Waals surface area contributed by atoms with E-state index in [0.717, 1.165) is 36.7 Å². The molecule has 1 aliphatic carbocycles. The van der Waals surface area contributed by atoms with E-state index in [0.29, 0.717) is 24.3 Å². The molecule has 0 bridgehead atoms. The van der Waals surface area contributed by atoms with Crippen molar-refractivity contribution in [3.05, 3.63) is 113 Å². The molecule has 1 atom stereocenters. The summed E-state index contributed by atoms with van der Waals surface area (Å²) in [5.74, 6) is 0.984. The van der Waals surface area contributed by atoms with Gasteiger partial charge in [0.2, 0.25) is 0 Å². The molecule has 6 rings (SSSR count). The summed E-state index contributed by atoms with van der Waals surface area (Å²) in [7, 11) is 0. The lowest BCUT2D eigenvalue weighted by atomic mass is 9.92. The highest BCUT2D eigenvalue weighted by atomic mass is 16.2. The highest BCUT2D eigenvalue weighted by molar-refractivity contribution is 5.89. The van der Waals surface area contributed by atoms with Gasteiger partial charge < -0.3 is 14.8 Å². The molecule has 1 fully saturated rings. The number of carbonyl (C=O) groups is 1. The Hall–Kier alpha value is -4.74. The van der Waals surface area contributed by atoms with Gasteiger partial charge in [0.15, 0.2) is 0 Å². The Bertz CT molecular complexity index is 1620. The average molecular weight is 530 g/mol. The van der Waals surface area contributed by atoms with Crippen LogP contribution in [0.15, 0.2) is 73.2 Å². The number of nitriles is 1. The van der Waals surface area contributed by atoms with Crippen molar-refractivity contribution in [3.8, 4) is 6.07 Å². The molecule has 0 spiro atoms. The Morgan fingerprint density at radius 2 is 1.82 bits per heavy atom. The van der Waals surface area contributed by atoms with Crippen molar-refractivity contribution in [2.45, 2.75) is 26.4 Å². The van der Waals surface area contributed by atoms with Crippen LogP contribution in [0.4, 0.5) is 10.5 Å². The second-order valence-electron chi connectivity index (χ2n) is 10.4. The first kappa shape index (κ1) is 25.5. The first-order valence-electron chi connectivity index (χ1n) is 13.5. The van der Waals surface area contributed by atoms with E-state index >= 15 is 0 Å². The van der Waals surface area contributed by atoms with Gasteiger partial charge in [0.1, 0.15) is 5.82 Å². The van der Waals surface area contributed by atoms with Crippen LogP contribution in [0.3, 0.4) is 0 Å². The van der Waals surface area contributed by atoms with E-state index < -0.39 is 0 Å². The van der Waals surface area contributed by atoms with Crippen molar-refractivity contribution < 1.29 is 4.79 Å². The quantitative estimate of drug-likeness (QED) is 0.390. The molecule has 1 unspecified atom stereocenters. The molecule has 2 aliphatic rings. The molecule has 1 saturated heterocycles. The summed E-state index contributed by atoms with van der Waals surface area (Å²) in [6, 6.07) is 19.8. The maximum Gasteiger partial charge on any atom is 0.321 e. The van der Waals surface area contributed by atoms with E-state index in [2.05, 4.69) is 63.1 Å². The van der Waals surface area contributed by atoms with Crippen LogP contribution < -0.4 is 5.32 Å². The van der Waals surface area contributed by atoms with Crippen molar-refractivity contribution in [1.29, 1.82) is 5.26 Å². The Morgan fingerprint density at radius 3 is 2.55 bits per heavy atom. The van der Waals surface area contributed by atoms with E-state index in [1.165, 1.54) is 22.3 Å². The largest absolute Gasteiger partial charge is 0.331 e. The zero-order chi connectivity index (χ0) is 27.6. The molecule has 4 aromatic rings. The van der Waals surface area contributed by atoms with E-state index in [4.69, 9.17) is 10.2 Å². The number of pyridine rings is 1. The molecular weight excluding hydrogens is 498 g/mol. The number of allylic oxidation sites excluding steroid dienone is 1. The molecule has 8 nitrogen and oxygen atoms in total. The fraction of sp³-hybridized carbons (Fsp3) is 0.250. The lowest BCUT2D eigenvalue weighted by molar-refractivity contribution is 0.125. The number of rotatable bonds is 4. The predicted octanol–water partition coefficient (Wildman–Crippen LogP) is 5.26. The van der Waals surface area contributed by atoms with Gasteiger partial charge in [-0.05, 0) is 72.5 Å². The van der Waals surface area contributed by atoms with Gasteiger partial charge in [-0.3, -0.25) is 9.88 Å². The molecule has 2 aromatic carbocycles. The molecule has 3 heterocycles. The maximum absolute atomic E-state index is 13.0. The van der Waals surface area contributed by atoms with Crippen LogP contribution in [0, 0.1) is 25.2 Å². The number of hydrogen-bond acceptors (Lipinski definition) is 5. The molecule has 0 radical (unpaired) electrons. The minimum Gasteiger partial charge on any atom is -0.331 e. The lowest BCUT2D eigenvalue weighted by Crippen LogP contribution is -2.51. The first-order valence-corrected chi connectivity index (χ1v) is 13.5. The summed E-state index contributed by atoms with van der Waals surface area (Å²) >= 11 is 0. The number of aryl methyl sites for hydroxylation is 2. The topological polar surface area (TPSA) is 90.1 Å². The average Bonchev–Trinajstić information content (AvgIpc) is 3.33. The molecule has 200 valence electrons. The highest BCUT2D eigenvalue weighted by Crippen LogP contribution is 2.40. The summed E-state index contributed by atoms with van der Waals surface area (Å²) in [5, 5.41) is 12.0. The van der Waals surface area contributed by atoms with Crippen molar-refractivity contribution in [1.82, 2.24) is 24.3 Å². The van der Waals surface area contributed by atoms with Gasteiger partial charge in [0.25, 0.3) is 0 Å². The van der Waals surface area contributed by atoms with E-state index in [1.807, 2.05) is 36.5 Å². The number of hydrogen-bond donors (Lipinski definition) is 1. The Balaban J connectivity index is 1.27. The third-order valence-electron chi connectivity index (χ3n) is 7.81. The summed E-state index contributed by atoms with van der Waals surface area (Å²) in [6.45, 7) is 7.57. The second kappa shape index (κ2) is 10.8. The third kappa shape index (κ3) is 4.99. The second-order valence-corrected chi connectivity index (χ2v) is 10.4. The minimum absolute atomic E-state index is 0.0202. The van der Waals surface area contributed by atoms with Crippen LogP contribution >= 0.6 is 0 Å². The summed E-state index contributed by atoms with van der Waals surface area (Å²) in [5.41, 5.74) is 8.34. The zero-order valence-electron chi connectivity index (χ0n) is 22.7. The molecule has 2 amide bonds. The number of fused-ring (bicyclic) bond motifs is 2. The predicted molar refractivity (Wildman–Crippen MR) is 155 cm³/mol. The fourth-order valence-corrected chi connectivity index (χ4v) is 5.65. The fourth-order valence-electron chi connectivity index (χ4n) is 5.65. The number of imidazole rings is 1. The molecule has 2 aromatic heterocycles. The molecular formula is C32H31N7O. The van der Waals surface area contributed by atoms with E-state index in [-0.39, 0.29) is 12.1 Å². The SMILES string of the molecule is Cc1ccc2c(c1)C(Cn1ccnc1C)=Cc1cccnc1C2N1CCN(C(=O)Nc2ccc(C#N)cc2)CC1. The molecule has 40 heavy (non-hydrogen) atoms. The monoisotopic (exact) mass is 529 g/mol. The number of benzene rings is 2. The standard InChI is InChI=1S/C32H31N7O/c1-22-5-10-28-29(18-22)26(21-39-13-12-34-23(39)2)19-25-4-3-11-35-30(25)31(28)37-14-16-38(17-15-37)32(40)36-27-8-6-24(20-33)7-9-27/h3-13,18-19,31H,14-17,21H2,1-2H3,(H,36,40). The minimum atomic E-state index is -0.126. The number of nitrogens with one attached hydrogen (secondary N) is 1. The molecule has 8 heteroatoms. The van der Waals surface area contributed by atoms with E-state index in [9.17, 15) is 4.79 Å². The first-order chi connectivity index (χ1) is 19.5. The van der Waals surface area contributed by atoms with Crippen molar-refractivity contribution in [2.75, 3.05) is 31.5 Å². The summed E-state index contributed by atoms with van der Waals surface area (Å²) < 4.78 is 2.18. The molecule has 1 aliphatic heterocycles. The summed E-state index contributed by atoms with van der Waals surface area (Å²) in [4.78, 5) is 26.7. The summed E-state index contributed by atoms with van der Waals surface area (Å²) in [6.07, 6.45) is 8.03. The van der Waals surface area contributed by atoms with Gasteiger partial charge in [0, 0.05) is 57.0 Å². The van der Waals surface area contributed by atoms with Crippen LogP contribution in [-0.4, -0.2) is 56.5 Å². The number of piperazine rings is 1. The zero-order valence-corrected chi connectivity index (χ0v) is 22.7. The van der Waals surface area contributed by atoms with E-state index in [1.54, 1.807) is 24.3 Å². The number of carbonyl (C=O) groups excluding carboxylic acids is 1. The van der Waals surface area contributed by atoms with Gasteiger partial charge >= 0.3 is 6.03 Å². The Morgan fingerprint density at radius 1 is 1.02 bits per heavy atom. The van der Waals surface area contributed by atoms with Gasteiger partial charge in [0.05, 0.1) is 23.4 Å². The third-order valence-corrected chi connectivity index (χ3v) is 7.81. The molecule has 0 saturated carbocycles. The number of nitrogens with zero attached hydrogens (tertiary/aromatic N) is 6.